The maximum atomic E-state index is 13.6. The lowest BCUT2D eigenvalue weighted by molar-refractivity contribution is -0.127. The van der Waals surface area contributed by atoms with Gasteiger partial charge in [-0.15, -0.1) is 0 Å². The maximum absolute atomic E-state index is 13.6. The molecule has 1 aromatic heterocycles. The monoisotopic (exact) mass is 442 g/mol. The van der Waals surface area contributed by atoms with Gasteiger partial charge in [0.05, 0.1) is 0 Å². The third-order valence-electron chi connectivity index (χ3n) is 5.92. The summed E-state index contributed by atoms with van der Waals surface area (Å²) in [5.74, 6) is -0.126. The van der Waals surface area contributed by atoms with Crippen LogP contribution in [-0.4, -0.2) is 60.5 Å². The van der Waals surface area contributed by atoms with Gasteiger partial charge in [0.15, 0.2) is 0 Å². The van der Waals surface area contributed by atoms with Crippen molar-refractivity contribution in [3.8, 4) is 0 Å². The van der Waals surface area contributed by atoms with Gasteiger partial charge in [-0.25, -0.2) is 0 Å². The number of pyridine rings is 1. The van der Waals surface area contributed by atoms with Crippen LogP contribution in [0.4, 0.5) is 5.69 Å². The number of rotatable bonds is 6. The standard InChI is InChI=1S/C27H30N4O2/c1-28(2)24-13-11-22(12-14-24)20-25(31-15-7-6-10-26(31)32)27(33)30-18-16-29(17-19-30)21-23-8-4-3-5-9-23/h3-15,20H,16-19,21H2,1-2H3. The third kappa shape index (κ3) is 5.59. The number of benzene rings is 2. The lowest BCUT2D eigenvalue weighted by atomic mass is 10.1. The van der Waals surface area contributed by atoms with Gasteiger partial charge in [0.2, 0.25) is 0 Å². The highest BCUT2D eigenvalue weighted by Crippen LogP contribution is 2.18. The quantitative estimate of drug-likeness (QED) is 0.550. The largest absolute Gasteiger partial charge is 0.378 e. The molecule has 2 heterocycles. The Kier molecular flexibility index (Phi) is 7.05. The van der Waals surface area contributed by atoms with Crippen LogP contribution in [0.15, 0.2) is 83.8 Å². The van der Waals surface area contributed by atoms with Gasteiger partial charge in [-0.1, -0.05) is 48.5 Å². The molecule has 0 saturated carbocycles. The second-order valence-corrected chi connectivity index (χ2v) is 8.48. The van der Waals surface area contributed by atoms with Crippen LogP contribution in [0.25, 0.3) is 11.8 Å². The summed E-state index contributed by atoms with van der Waals surface area (Å²) in [4.78, 5) is 32.4. The molecule has 1 aliphatic heterocycles. The predicted molar refractivity (Wildman–Crippen MR) is 134 cm³/mol. The molecular weight excluding hydrogens is 412 g/mol. The van der Waals surface area contributed by atoms with Crippen LogP contribution < -0.4 is 10.5 Å². The number of aromatic nitrogens is 1. The first-order chi connectivity index (χ1) is 16.0. The van der Waals surface area contributed by atoms with E-state index < -0.39 is 0 Å². The topological polar surface area (TPSA) is 48.8 Å². The van der Waals surface area contributed by atoms with E-state index in [1.807, 2.05) is 54.2 Å². The van der Waals surface area contributed by atoms with Crippen molar-refractivity contribution in [1.29, 1.82) is 0 Å². The van der Waals surface area contributed by atoms with Crippen molar-refractivity contribution in [2.45, 2.75) is 6.54 Å². The van der Waals surface area contributed by atoms with Gasteiger partial charge in [0.1, 0.15) is 5.70 Å². The Morgan fingerprint density at radius 2 is 1.55 bits per heavy atom. The van der Waals surface area contributed by atoms with Gasteiger partial charge < -0.3 is 9.80 Å². The summed E-state index contributed by atoms with van der Waals surface area (Å²) in [7, 11) is 3.97. The summed E-state index contributed by atoms with van der Waals surface area (Å²) in [6.45, 7) is 3.74. The van der Waals surface area contributed by atoms with Crippen LogP contribution in [0.3, 0.4) is 0 Å². The molecule has 0 atom stereocenters. The molecule has 170 valence electrons. The number of hydrogen-bond donors (Lipinski definition) is 0. The fourth-order valence-electron chi connectivity index (χ4n) is 4.00. The second-order valence-electron chi connectivity index (χ2n) is 8.48. The van der Waals surface area contributed by atoms with Gasteiger partial charge in [0, 0.05) is 64.8 Å². The van der Waals surface area contributed by atoms with E-state index in [0.29, 0.717) is 18.8 Å². The summed E-state index contributed by atoms with van der Waals surface area (Å²) >= 11 is 0. The lowest BCUT2D eigenvalue weighted by Gasteiger charge is -2.35. The normalized spacial score (nSPS) is 14.8. The number of hydrogen-bond acceptors (Lipinski definition) is 4. The van der Waals surface area contributed by atoms with Crippen LogP contribution in [0, 0.1) is 0 Å². The van der Waals surface area contributed by atoms with Gasteiger partial charge >= 0.3 is 0 Å². The molecule has 1 saturated heterocycles. The SMILES string of the molecule is CN(C)c1ccc(C=C(C(=O)N2CCN(Cc3ccccc3)CC2)n2ccccc2=O)cc1. The fraction of sp³-hybridized carbons (Fsp3) is 0.259. The average Bonchev–Trinajstić information content (AvgIpc) is 2.84. The van der Waals surface area contributed by atoms with Crippen molar-refractivity contribution in [1.82, 2.24) is 14.4 Å². The molecule has 33 heavy (non-hydrogen) atoms. The molecule has 6 heteroatoms. The Morgan fingerprint density at radius 3 is 2.18 bits per heavy atom. The van der Waals surface area contributed by atoms with E-state index in [9.17, 15) is 9.59 Å². The average molecular weight is 443 g/mol. The van der Waals surface area contributed by atoms with Crippen molar-refractivity contribution >= 4 is 23.4 Å². The Balaban J connectivity index is 1.54. The summed E-state index contributed by atoms with van der Waals surface area (Å²) in [5, 5.41) is 0. The molecule has 2 aromatic carbocycles. The Hall–Kier alpha value is -3.64. The Morgan fingerprint density at radius 1 is 0.879 bits per heavy atom. The first-order valence-electron chi connectivity index (χ1n) is 11.2. The first kappa shape index (κ1) is 22.6. The molecular formula is C27H30N4O2. The van der Waals surface area contributed by atoms with Crippen LogP contribution in [0.2, 0.25) is 0 Å². The highest BCUT2D eigenvalue weighted by atomic mass is 16.2. The minimum absolute atomic E-state index is 0.126. The molecule has 0 spiro atoms. The zero-order valence-corrected chi connectivity index (χ0v) is 19.2. The predicted octanol–water partition coefficient (Wildman–Crippen LogP) is 3.26. The lowest BCUT2D eigenvalue weighted by Crippen LogP contribution is -2.49. The van der Waals surface area contributed by atoms with E-state index in [4.69, 9.17) is 0 Å². The molecule has 0 aliphatic carbocycles. The van der Waals surface area contributed by atoms with Crippen LogP contribution >= 0.6 is 0 Å². The van der Waals surface area contributed by atoms with Crippen molar-refractivity contribution in [2.24, 2.45) is 0 Å². The molecule has 1 aliphatic rings. The van der Waals surface area contributed by atoms with E-state index >= 15 is 0 Å². The fourth-order valence-corrected chi connectivity index (χ4v) is 4.00. The molecule has 1 amide bonds. The van der Waals surface area contributed by atoms with E-state index in [-0.39, 0.29) is 11.5 Å². The molecule has 0 radical (unpaired) electrons. The highest BCUT2D eigenvalue weighted by Gasteiger charge is 2.25. The minimum Gasteiger partial charge on any atom is -0.378 e. The summed E-state index contributed by atoms with van der Waals surface area (Å²) in [6, 6.07) is 23.3. The molecule has 4 rings (SSSR count). The molecule has 0 N–H and O–H groups in total. The zero-order chi connectivity index (χ0) is 23.2. The molecule has 1 fully saturated rings. The number of anilines is 1. The smallest absolute Gasteiger partial charge is 0.271 e. The van der Waals surface area contributed by atoms with Crippen LogP contribution in [-0.2, 0) is 11.3 Å². The number of carbonyl (C=O) groups is 1. The summed E-state index contributed by atoms with van der Waals surface area (Å²) < 4.78 is 1.44. The van der Waals surface area contributed by atoms with E-state index in [1.165, 1.54) is 16.2 Å². The number of carbonyl (C=O) groups excluding carboxylic acids is 1. The number of piperazine rings is 1. The summed E-state index contributed by atoms with van der Waals surface area (Å²) in [5.41, 5.74) is 3.38. The van der Waals surface area contributed by atoms with Crippen molar-refractivity contribution in [3.63, 3.8) is 0 Å². The minimum atomic E-state index is -0.218. The van der Waals surface area contributed by atoms with Gasteiger partial charge in [-0.3, -0.25) is 19.1 Å². The molecule has 3 aromatic rings. The van der Waals surface area contributed by atoms with Crippen molar-refractivity contribution < 1.29 is 4.79 Å². The van der Waals surface area contributed by atoms with Gasteiger partial charge in [0.25, 0.3) is 11.5 Å². The van der Waals surface area contributed by atoms with Crippen LogP contribution in [0.5, 0.6) is 0 Å². The number of amides is 1. The summed E-state index contributed by atoms with van der Waals surface area (Å²) in [6.07, 6.45) is 3.46. The molecule has 0 unspecified atom stereocenters. The van der Waals surface area contributed by atoms with Gasteiger partial charge in [-0.2, -0.15) is 0 Å². The van der Waals surface area contributed by atoms with Crippen LogP contribution in [0.1, 0.15) is 11.1 Å². The van der Waals surface area contributed by atoms with E-state index in [2.05, 4.69) is 29.2 Å². The highest BCUT2D eigenvalue weighted by molar-refractivity contribution is 6.18. The van der Waals surface area contributed by atoms with Crippen molar-refractivity contribution in [2.75, 3.05) is 45.2 Å². The van der Waals surface area contributed by atoms with Gasteiger partial charge in [-0.05, 0) is 35.4 Å². The van der Waals surface area contributed by atoms with E-state index in [0.717, 1.165) is 30.9 Å². The Bertz CT molecular complexity index is 1160. The molecule has 6 nitrogen and oxygen atoms in total. The maximum Gasteiger partial charge on any atom is 0.271 e. The third-order valence-corrected chi connectivity index (χ3v) is 5.92. The molecule has 0 bridgehead atoms. The second kappa shape index (κ2) is 10.3. The van der Waals surface area contributed by atoms with Crippen molar-refractivity contribution in [3.05, 3.63) is 100 Å². The Labute approximate surface area is 195 Å². The number of nitrogens with zero attached hydrogens (tertiary/aromatic N) is 4. The van der Waals surface area contributed by atoms with E-state index in [1.54, 1.807) is 24.4 Å². The zero-order valence-electron chi connectivity index (χ0n) is 19.2. The first-order valence-corrected chi connectivity index (χ1v) is 11.2.